The molecule has 3 heterocycles. The highest BCUT2D eigenvalue weighted by molar-refractivity contribution is 9.10. The molecule has 200 valence electrons. The molecule has 2 N–H and O–H groups in total. The maximum atomic E-state index is 12.7. The molecule has 2 aromatic carbocycles. The summed E-state index contributed by atoms with van der Waals surface area (Å²) in [6.45, 7) is 5.63. The fourth-order valence-electron chi connectivity index (χ4n) is 4.67. The van der Waals surface area contributed by atoms with Crippen LogP contribution >= 0.6 is 28.1 Å². The van der Waals surface area contributed by atoms with E-state index in [1.165, 1.54) is 0 Å². The van der Waals surface area contributed by atoms with Crippen molar-refractivity contribution in [2.24, 2.45) is 5.41 Å². The second kappa shape index (κ2) is 10.8. The number of thiocarbonyl (C=S) groups is 1. The first-order valence-electron chi connectivity index (χ1n) is 12.6. The Kier molecular flexibility index (Phi) is 7.46. The zero-order chi connectivity index (χ0) is 27.7. The van der Waals surface area contributed by atoms with E-state index >= 15 is 0 Å². The lowest BCUT2D eigenvalue weighted by Gasteiger charge is -2.29. The van der Waals surface area contributed by atoms with Crippen molar-refractivity contribution in [1.82, 2.24) is 14.9 Å². The number of pyridine rings is 1. The number of ether oxygens (including phenoxy) is 1. The summed E-state index contributed by atoms with van der Waals surface area (Å²) in [5, 5.41) is 7.08. The third-order valence-electron chi connectivity index (χ3n) is 6.66. The average Bonchev–Trinajstić information content (AvgIpc) is 3.53. The number of rotatable bonds is 6. The summed E-state index contributed by atoms with van der Waals surface area (Å²) in [6, 6.07) is 23.5. The Hall–Kier alpha value is -3.69. The predicted octanol–water partition coefficient (Wildman–Crippen LogP) is 6.81. The van der Waals surface area contributed by atoms with E-state index in [2.05, 4.69) is 65.4 Å². The number of methoxy groups -OCH3 is 1. The van der Waals surface area contributed by atoms with Crippen LogP contribution in [0.3, 0.4) is 0 Å². The molecule has 39 heavy (non-hydrogen) atoms. The van der Waals surface area contributed by atoms with E-state index in [1.54, 1.807) is 13.3 Å². The topological polar surface area (TPSA) is 71.4 Å². The Morgan fingerprint density at radius 3 is 2.56 bits per heavy atom. The summed E-state index contributed by atoms with van der Waals surface area (Å²) in [6.07, 6.45) is 3.85. The van der Waals surface area contributed by atoms with Gasteiger partial charge in [-0.2, -0.15) is 0 Å². The number of carbonyl (C=O) groups is 1. The Bertz CT molecular complexity index is 1520. The van der Waals surface area contributed by atoms with Crippen molar-refractivity contribution in [1.29, 1.82) is 0 Å². The summed E-state index contributed by atoms with van der Waals surface area (Å²) >= 11 is 9.53. The van der Waals surface area contributed by atoms with Crippen LogP contribution in [-0.2, 0) is 4.79 Å². The summed E-state index contributed by atoms with van der Waals surface area (Å²) in [5.41, 5.74) is 3.86. The van der Waals surface area contributed by atoms with Crippen molar-refractivity contribution in [2.45, 2.75) is 32.9 Å². The number of amides is 1. The molecule has 9 heteroatoms. The molecule has 1 fully saturated rings. The van der Waals surface area contributed by atoms with Crippen molar-refractivity contribution >= 4 is 50.5 Å². The second-order valence-corrected chi connectivity index (χ2v) is 11.7. The summed E-state index contributed by atoms with van der Waals surface area (Å²) < 4.78 is 8.88. The molecule has 0 bridgehead atoms. The molecule has 2 aromatic heterocycles. The molecular weight excluding hydrogens is 574 g/mol. The minimum Gasteiger partial charge on any atom is -0.494 e. The number of hydrogen-bond acceptors (Lipinski definition) is 4. The third kappa shape index (κ3) is 5.42. The van der Waals surface area contributed by atoms with Crippen LogP contribution in [0.2, 0.25) is 0 Å². The van der Waals surface area contributed by atoms with Gasteiger partial charge in [0.25, 0.3) is 0 Å². The predicted molar refractivity (Wildman–Crippen MR) is 162 cm³/mol. The van der Waals surface area contributed by atoms with Gasteiger partial charge in [0.2, 0.25) is 5.91 Å². The molecule has 2 atom stereocenters. The van der Waals surface area contributed by atoms with E-state index in [-0.39, 0.29) is 18.0 Å². The standard InChI is InChI=1S/C30H30BrN5O2S/c1-30(2,3)28(37)33-22-14-13-21(18-25(22)38-4)36-27(26(34-29(36)39)23-11-5-6-15-32-23)24-12-8-16-35(24)20-10-7-9-19(31)17-20/h5-18,26-27H,1-4H3,(H,33,37)(H,34,39). The third-order valence-corrected chi connectivity index (χ3v) is 7.47. The van der Waals surface area contributed by atoms with E-state index in [4.69, 9.17) is 17.0 Å². The van der Waals surface area contributed by atoms with Crippen molar-refractivity contribution in [3.8, 4) is 11.4 Å². The Balaban J connectivity index is 1.61. The molecular formula is C30H30BrN5O2S. The van der Waals surface area contributed by atoms with Crippen LogP contribution in [0.4, 0.5) is 11.4 Å². The van der Waals surface area contributed by atoms with Gasteiger partial charge in [0.1, 0.15) is 11.8 Å². The van der Waals surface area contributed by atoms with Gasteiger partial charge in [-0.1, -0.05) is 48.8 Å². The minimum absolute atomic E-state index is 0.0909. The fraction of sp³-hybridized carbons (Fsp3) is 0.233. The highest BCUT2D eigenvalue weighted by atomic mass is 79.9. The molecule has 0 radical (unpaired) electrons. The molecule has 7 nitrogen and oxygen atoms in total. The second-order valence-electron chi connectivity index (χ2n) is 10.4. The number of nitrogens with zero attached hydrogens (tertiary/aromatic N) is 3. The molecule has 1 aliphatic rings. The van der Waals surface area contributed by atoms with Gasteiger partial charge in [0.05, 0.1) is 24.5 Å². The maximum absolute atomic E-state index is 12.7. The van der Waals surface area contributed by atoms with Gasteiger partial charge in [0.15, 0.2) is 5.11 Å². The van der Waals surface area contributed by atoms with Crippen molar-refractivity contribution in [2.75, 3.05) is 17.3 Å². The molecule has 1 saturated heterocycles. The molecule has 0 saturated carbocycles. The highest BCUT2D eigenvalue weighted by Gasteiger charge is 2.42. The van der Waals surface area contributed by atoms with Gasteiger partial charge in [-0.3, -0.25) is 9.78 Å². The lowest BCUT2D eigenvalue weighted by atomic mass is 9.95. The number of carbonyl (C=O) groups excluding carboxylic acids is 1. The van der Waals surface area contributed by atoms with Crippen LogP contribution < -0.4 is 20.3 Å². The Morgan fingerprint density at radius 2 is 1.87 bits per heavy atom. The number of benzene rings is 2. The van der Waals surface area contributed by atoms with E-state index < -0.39 is 5.41 Å². The lowest BCUT2D eigenvalue weighted by molar-refractivity contribution is -0.123. The van der Waals surface area contributed by atoms with Crippen LogP contribution in [0.25, 0.3) is 5.69 Å². The monoisotopic (exact) mass is 603 g/mol. The Labute approximate surface area is 242 Å². The first-order valence-corrected chi connectivity index (χ1v) is 13.8. The highest BCUT2D eigenvalue weighted by Crippen LogP contribution is 2.44. The zero-order valence-electron chi connectivity index (χ0n) is 22.2. The number of hydrogen-bond donors (Lipinski definition) is 2. The SMILES string of the molecule is COc1cc(N2C(=S)NC(c3ccccn3)C2c2cccn2-c2cccc(Br)c2)ccc1NC(=O)C(C)(C)C. The van der Waals surface area contributed by atoms with Gasteiger partial charge in [-0.15, -0.1) is 0 Å². The number of nitrogens with one attached hydrogen (secondary N) is 2. The lowest BCUT2D eigenvalue weighted by Crippen LogP contribution is -2.30. The van der Waals surface area contributed by atoms with Crippen LogP contribution in [-0.4, -0.2) is 27.7 Å². The minimum atomic E-state index is -0.539. The quantitative estimate of drug-likeness (QED) is 0.236. The molecule has 4 aromatic rings. The van der Waals surface area contributed by atoms with E-state index in [9.17, 15) is 4.79 Å². The maximum Gasteiger partial charge on any atom is 0.229 e. The first-order chi connectivity index (χ1) is 18.7. The molecule has 1 amide bonds. The van der Waals surface area contributed by atoms with Gasteiger partial charge in [0, 0.05) is 45.4 Å². The molecule has 0 spiro atoms. The van der Waals surface area contributed by atoms with E-state index in [0.29, 0.717) is 16.5 Å². The molecule has 5 rings (SSSR count). The smallest absolute Gasteiger partial charge is 0.229 e. The van der Waals surface area contributed by atoms with Crippen LogP contribution in [0.5, 0.6) is 5.75 Å². The van der Waals surface area contributed by atoms with Crippen molar-refractivity contribution in [3.63, 3.8) is 0 Å². The fourth-order valence-corrected chi connectivity index (χ4v) is 5.41. The molecule has 2 unspecified atom stereocenters. The summed E-state index contributed by atoms with van der Waals surface area (Å²) in [7, 11) is 1.60. The first kappa shape index (κ1) is 26.9. The van der Waals surface area contributed by atoms with E-state index in [1.807, 2.05) is 75.4 Å². The molecule has 1 aliphatic heterocycles. The zero-order valence-corrected chi connectivity index (χ0v) is 24.6. The average molecular weight is 605 g/mol. The Morgan fingerprint density at radius 1 is 1.05 bits per heavy atom. The summed E-state index contributed by atoms with van der Waals surface area (Å²) in [4.78, 5) is 19.4. The van der Waals surface area contributed by atoms with Crippen LogP contribution in [0.1, 0.15) is 44.2 Å². The van der Waals surface area contributed by atoms with Crippen molar-refractivity contribution < 1.29 is 9.53 Å². The number of aromatic nitrogens is 2. The number of anilines is 2. The van der Waals surface area contributed by atoms with Gasteiger partial charge in [-0.05, 0) is 66.8 Å². The van der Waals surface area contributed by atoms with Gasteiger partial charge < -0.3 is 24.8 Å². The van der Waals surface area contributed by atoms with Crippen molar-refractivity contribution in [3.05, 3.63) is 101 Å². The van der Waals surface area contributed by atoms with Gasteiger partial charge in [-0.25, -0.2) is 0 Å². The van der Waals surface area contributed by atoms with Gasteiger partial charge >= 0.3 is 0 Å². The van der Waals surface area contributed by atoms with Crippen LogP contribution in [0.15, 0.2) is 89.7 Å². The summed E-state index contributed by atoms with van der Waals surface area (Å²) in [5.74, 6) is 0.460. The number of halogens is 1. The molecule has 0 aliphatic carbocycles. The van der Waals surface area contributed by atoms with Crippen LogP contribution in [0, 0.1) is 5.41 Å². The largest absolute Gasteiger partial charge is 0.494 e. The normalized spacial score (nSPS) is 17.2. The van der Waals surface area contributed by atoms with E-state index in [0.717, 1.165) is 27.2 Å².